The average Bonchev–Trinajstić information content (AvgIpc) is 3.54. The minimum atomic E-state index is -2.14. The average molecular weight is 682 g/mol. The van der Waals surface area contributed by atoms with Crippen molar-refractivity contribution in [3.63, 3.8) is 0 Å². The number of imidazole rings is 1. The van der Waals surface area contributed by atoms with Crippen LogP contribution in [0.1, 0.15) is 29.8 Å². The number of anilines is 1. The van der Waals surface area contributed by atoms with Gasteiger partial charge in [0.1, 0.15) is 17.4 Å². The van der Waals surface area contributed by atoms with E-state index in [2.05, 4.69) is 15.3 Å². The monoisotopic (exact) mass is 681 g/mol. The number of H-pyrrole nitrogens is 1. The molecular weight excluding hydrogens is 652 g/mol. The number of aromatic nitrogens is 4. The predicted molar refractivity (Wildman–Crippen MR) is 166 cm³/mol. The molecule has 1 fully saturated rings. The van der Waals surface area contributed by atoms with Gasteiger partial charge >= 0.3 is 0 Å². The number of benzene rings is 3. The van der Waals surface area contributed by atoms with Gasteiger partial charge < -0.3 is 19.9 Å². The molecule has 5 aromatic rings. The second-order valence-corrected chi connectivity index (χ2v) is 11.2. The second-order valence-electron chi connectivity index (χ2n) is 10.4. The fourth-order valence-corrected chi connectivity index (χ4v) is 6.30. The molecule has 1 aliphatic heterocycles. The van der Waals surface area contributed by atoms with Gasteiger partial charge in [0.25, 0.3) is 5.56 Å². The maximum Gasteiger partial charge on any atom is 0.280 e. The van der Waals surface area contributed by atoms with E-state index in [0.717, 1.165) is 16.7 Å². The van der Waals surface area contributed by atoms with Gasteiger partial charge in [-0.05, 0) is 35.7 Å². The molecule has 1 saturated heterocycles. The van der Waals surface area contributed by atoms with Crippen molar-refractivity contribution in [2.45, 2.75) is 36.6 Å². The third-order valence-electron chi connectivity index (χ3n) is 7.80. The molecule has 9 nitrogen and oxygen atoms in total. The van der Waals surface area contributed by atoms with Crippen LogP contribution in [0, 0.1) is 0 Å². The molecular formula is C31H29FIN5O4. The molecule has 6 rings (SSSR count). The first-order chi connectivity index (χ1) is 20.3. The van der Waals surface area contributed by atoms with E-state index < -0.39 is 35.2 Å². The van der Waals surface area contributed by atoms with Gasteiger partial charge in [0.05, 0.1) is 19.5 Å². The number of fused-ring (bicyclic) bond motifs is 1. The maximum atomic E-state index is 15.8. The molecule has 0 amide bonds. The van der Waals surface area contributed by atoms with Crippen molar-refractivity contribution in [3.8, 4) is 5.75 Å². The zero-order chi connectivity index (χ0) is 29.5. The van der Waals surface area contributed by atoms with Gasteiger partial charge in [-0.1, -0.05) is 95.4 Å². The van der Waals surface area contributed by atoms with Crippen molar-refractivity contribution in [1.82, 2.24) is 19.5 Å². The Morgan fingerprint density at radius 3 is 2.21 bits per heavy atom. The standard InChI is InChI=1S/C31H29FIN5O4/c1-30(32)25(39)23(17-33)42-28(30)38-18-34-24-26(38)35-29(36-27(24)40)37-31(19-9-5-3-6-10-19,20-11-7-4-8-12-20)21-13-15-22(41-2)16-14-21/h3-16,18,23,25,28,39H,17H2,1-2H3,(H2,35,36,37,40)/t23-,25-,28-,30-/m1/s1. The van der Waals surface area contributed by atoms with Crippen molar-refractivity contribution < 1.29 is 19.0 Å². The summed E-state index contributed by atoms with van der Waals surface area (Å²) in [6.45, 7) is 1.28. The normalized spacial score (nSPS) is 22.4. The number of aliphatic hydroxyl groups excluding tert-OH is 1. The van der Waals surface area contributed by atoms with Crippen LogP contribution in [0.5, 0.6) is 5.75 Å². The van der Waals surface area contributed by atoms with Gasteiger partial charge in [-0.2, -0.15) is 4.98 Å². The highest BCUT2D eigenvalue weighted by Gasteiger charge is 2.55. The van der Waals surface area contributed by atoms with Crippen LogP contribution in [0.4, 0.5) is 10.3 Å². The summed E-state index contributed by atoms with van der Waals surface area (Å²) < 4.78 is 28.9. The van der Waals surface area contributed by atoms with E-state index in [1.807, 2.05) is 108 Å². The summed E-state index contributed by atoms with van der Waals surface area (Å²) in [4.78, 5) is 25.1. The fraction of sp³-hybridized carbons (Fsp3) is 0.258. The molecule has 3 N–H and O–H groups in total. The van der Waals surface area contributed by atoms with Crippen LogP contribution >= 0.6 is 22.6 Å². The zero-order valence-electron chi connectivity index (χ0n) is 22.9. The van der Waals surface area contributed by atoms with E-state index in [9.17, 15) is 9.90 Å². The van der Waals surface area contributed by atoms with Crippen LogP contribution < -0.4 is 15.6 Å². The highest BCUT2D eigenvalue weighted by atomic mass is 127. The first-order valence-corrected chi connectivity index (χ1v) is 14.9. The minimum Gasteiger partial charge on any atom is -0.497 e. The molecule has 11 heteroatoms. The number of alkyl halides is 2. The van der Waals surface area contributed by atoms with Gasteiger partial charge in [-0.15, -0.1) is 0 Å². The Morgan fingerprint density at radius 2 is 1.67 bits per heavy atom. The number of rotatable bonds is 8. The molecule has 0 unspecified atom stereocenters. The maximum absolute atomic E-state index is 15.8. The van der Waals surface area contributed by atoms with E-state index in [0.29, 0.717) is 10.2 Å². The number of halogens is 2. The molecule has 1 aliphatic rings. The quantitative estimate of drug-likeness (QED) is 0.121. The van der Waals surface area contributed by atoms with Gasteiger partial charge in [0, 0.05) is 4.43 Å². The van der Waals surface area contributed by atoms with Gasteiger partial charge in [-0.25, -0.2) is 9.37 Å². The largest absolute Gasteiger partial charge is 0.497 e. The lowest BCUT2D eigenvalue weighted by molar-refractivity contribution is -0.0413. The number of nitrogens with one attached hydrogen (secondary N) is 2. The Balaban J connectivity index is 1.55. The lowest BCUT2D eigenvalue weighted by Crippen LogP contribution is -2.40. The van der Waals surface area contributed by atoms with E-state index in [4.69, 9.17) is 14.5 Å². The summed E-state index contributed by atoms with van der Waals surface area (Å²) in [5.74, 6) is 0.839. The third-order valence-corrected chi connectivity index (χ3v) is 8.66. The summed E-state index contributed by atoms with van der Waals surface area (Å²) in [5, 5.41) is 14.1. The van der Waals surface area contributed by atoms with Crippen molar-refractivity contribution in [1.29, 1.82) is 0 Å². The first-order valence-electron chi connectivity index (χ1n) is 13.4. The van der Waals surface area contributed by atoms with Gasteiger partial charge in [0.2, 0.25) is 5.95 Å². The minimum absolute atomic E-state index is 0.0295. The van der Waals surface area contributed by atoms with Crippen LogP contribution in [0.2, 0.25) is 0 Å². The molecule has 42 heavy (non-hydrogen) atoms. The van der Waals surface area contributed by atoms with E-state index >= 15 is 4.39 Å². The number of hydrogen-bond donors (Lipinski definition) is 3. The zero-order valence-corrected chi connectivity index (χ0v) is 25.0. The van der Waals surface area contributed by atoms with Crippen LogP contribution in [0.15, 0.2) is 96.1 Å². The smallest absolute Gasteiger partial charge is 0.280 e. The topological polar surface area (TPSA) is 114 Å². The molecule has 2 aromatic heterocycles. The predicted octanol–water partition coefficient (Wildman–Crippen LogP) is 4.95. The van der Waals surface area contributed by atoms with Crippen molar-refractivity contribution in [3.05, 3.63) is 118 Å². The number of aliphatic hydroxyl groups is 1. The molecule has 216 valence electrons. The molecule has 0 radical (unpaired) electrons. The van der Waals surface area contributed by atoms with E-state index in [1.165, 1.54) is 17.8 Å². The Hall–Kier alpha value is -3.81. The number of aromatic amines is 1. The second kappa shape index (κ2) is 11.1. The number of methoxy groups -OCH3 is 1. The highest BCUT2D eigenvalue weighted by molar-refractivity contribution is 14.1. The van der Waals surface area contributed by atoms with Gasteiger partial charge in [0.15, 0.2) is 23.1 Å². The highest BCUT2D eigenvalue weighted by Crippen LogP contribution is 2.43. The van der Waals surface area contributed by atoms with Crippen LogP contribution in [-0.4, -0.2) is 54.0 Å². The van der Waals surface area contributed by atoms with Crippen LogP contribution in [-0.2, 0) is 10.3 Å². The van der Waals surface area contributed by atoms with Gasteiger partial charge in [-0.3, -0.25) is 14.3 Å². The van der Waals surface area contributed by atoms with Crippen molar-refractivity contribution in [2.24, 2.45) is 0 Å². The number of ether oxygens (including phenoxy) is 2. The molecule has 0 bridgehead atoms. The lowest BCUT2D eigenvalue weighted by atomic mass is 9.77. The summed E-state index contributed by atoms with van der Waals surface area (Å²) >= 11 is 2.05. The molecule has 0 aliphatic carbocycles. The summed E-state index contributed by atoms with van der Waals surface area (Å²) in [6, 6.07) is 27.3. The third kappa shape index (κ3) is 4.65. The van der Waals surface area contributed by atoms with E-state index in [1.54, 1.807) is 7.11 Å². The summed E-state index contributed by atoms with van der Waals surface area (Å²) in [7, 11) is 1.61. The molecule has 3 aromatic carbocycles. The lowest BCUT2D eigenvalue weighted by Gasteiger charge is -2.37. The Morgan fingerprint density at radius 1 is 1.07 bits per heavy atom. The molecule has 0 spiro atoms. The summed E-state index contributed by atoms with van der Waals surface area (Å²) in [5.41, 5.74) is -0.854. The van der Waals surface area contributed by atoms with Crippen molar-refractivity contribution in [2.75, 3.05) is 16.9 Å². The van der Waals surface area contributed by atoms with Crippen LogP contribution in [0.25, 0.3) is 11.2 Å². The van der Waals surface area contributed by atoms with E-state index in [-0.39, 0.29) is 17.1 Å². The Kier molecular flexibility index (Phi) is 7.50. The van der Waals surface area contributed by atoms with Crippen LogP contribution in [0.3, 0.4) is 0 Å². The van der Waals surface area contributed by atoms with Crippen molar-refractivity contribution >= 4 is 39.7 Å². The Labute approximate surface area is 254 Å². The molecule has 3 heterocycles. The first kappa shape index (κ1) is 28.3. The Bertz CT molecular complexity index is 1710. The summed E-state index contributed by atoms with van der Waals surface area (Å²) in [6.07, 6.45) is -1.97. The number of nitrogens with zero attached hydrogens (tertiary/aromatic N) is 3. The molecule has 0 saturated carbocycles. The fourth-order valence-electron chi connectivity index (χ4n) is 5.61. The SMILES string of the molecule is COc1ccc(C(Nc2nc3c(ncn3[C@@H]3O[C@H](CI)[C@@H](O)[C@@]3(C)F)c(=O)[nH]2)(c2ccccc2)c2ccccc2)cc1. The molecule has 4 atom stereocenters. The number of hydrogen-bond acceptors (Lipinski definition) is 7.